The minimum Gasteiger partial charge on any atom is -0.441 e. The Morgan fingerprint density at radius 3 is 3.09 bits per heavy atom. The van der Waals surface area contributed by atoms with Gasteiger partial charge in [0.1, 0.15) is 0 Å². The Bertz CT molecular complexity index is 686. The van der Waals surface area contributed by atoms with Crippen molar-refractivity contribution in [2.75, 3.05) is 19.6 Å². The van der Waals surface area contributed by atoms with Crippen molar-refractivity contribution in [2.24, 2.45) is 0 Å². The third-order valence-corrected chi connectivity index (χ3v) is 4.40. The van der Waals surface area contributed by atoms with Crippen LogP contribution >= 0.6 is 11.6 Å². The second-order valence-corrected chi connectivity index (χ2v) is 6.15. The predicted molar refractivity (Wildman–Crippen MR) is 89.3 cm³/mol. The van der Waals surface area contributed by atoms with Crippen LogP contribution in [-0.2, 0) is 11.2 Å². The minimum absolute atomic E-state index is 0.150. The summed E-state index contributed by atoms with van der Waals surface area (Å²) in [4.78, 5) is 18.5. The summed E-state index contributed by atoms with van der Waals surface area (Å²) < 4.78 is 5.74. The quantitative estimate of drug-likeness (QED) is 0.934. The topological polar surface area (TPSA) is 58.4 Å². The number of hydrogen-bond donors (Lipinski definition) is 1. The van der Waals surface area contributed by atoms with Crippen molar-refractivity contribution >= 4 is 17.5 Å². The van der Waals surface area contributed by atoms with Gasteiger partial charge in [-0.1, -0.05) is 23.7 Å². The van der Waals surface area contributed by atoms with E-state index in [9.17, 15) is 4.79 Å². The van der Waals surface area contributed by atoms with Gasteiger partial charge in [0.25, 0.3) is 0 Å². The first-order valence-electron chi connectivity index (χ1n) is 7.85. The lowest BCUT2D eigenvalue weighted by Crippen LogP contribution is -2.52. The molecule has 6 heteroatoms. The molecule has 2 heterocycles. The van der Waals surface area contributed by atoms with Gasteiger partial charge in [0, 0.05) is 44.1 Å². The van der Waals surface area contributed by atoms with E-state index < -0.39 is 0 Å². The summed E-state index contributed by atoms with van der Waals surface area (Å²) in [5.74, 6) is 1.35. The second-order valence-electron chi connectivity index (χ2n) is 5.74. The predicted octanol–water partition coefficient (Wildman–Crippen LogP) is 2.75. The number of benzene rings is 1. The molecule has 1 aromatic heterocycles. The van der Waals surface area contributed by atoms with Crippen molar-refractivity contribution in [3.05, 3.63) is 41.4 Å². The molecule has 23 heavy (non-hydrogen) atoms. The van der Waals surface area contributed by atoms with Crippen LogP contribution in [0, 0.1) is 0 Å². The van der Waals surface area contributed by atoms with E-state index in [4.69, 9.17) is 16.0 Å². The zero-order valence-corrected chi connectivity index (χ0v) is 13.8. The van der Waals surface area contributed by atoms with Crippen molar-refractivity contribution in [3.8, 4) is 11.3 Å². The molecule has 0 radical (unpaired) electrons. The van der Waals surface area contributed by atoms with Crippen LogP contribution in [-0.4, -0.2) is 41.5 Å². The van der Waals surface area contributed by atoms with Crippen LogP contribution in [0.15, 0.2) is 34.9 Å². The summed E-state index contributed by atoms with van der Waals surface area (Å²) in [6.07, 6.45) is 2.57. The van der Waals surface area contributed by atoms with E-state index in [2.05, 4.69) is 17.2 Å². The zero-order chi connectivity index (χ0) is 16.2. The second kappa shape index (κ2) is 7.15. The Balaban J connectivity index is 1.61. The number of nitrogens with one attached hydrogen (secondary N) is 1. The summed E-state index contributed by atoms with van der Waals surface area (Å²) in [6.45, 7) is 4.52. The molecular formula is C17H20ClN3O2. The monoisotopic (exact) mass is 333 g/mol. The molecule has 1 aromatic carbocycles. The van der Waals surface area contributed by atoms with Crippen molar-refractivity contribution in [1.82, 2.24) is 15.2 Å². The molecule has 0 spiro atoms. The van der Waals surface area contributed by atoms with Crippen LogP contribution in [0.4, 0.5) is 0 Å². The molecule has 0 aliphatic carbocycles. The first kappa shape index (κ1) is 16.0. The smallest absolute Gasteiger partial charge is 0.223 e. The maximum Gasteiger partial charge on any atom is 0.223 e. The highest BCUT2D eigenvalue weighted by Crippen LogP contribution is 2.28. The van der Waals surface area contributed by atoms with Gasteiger partial charge in [-0.2, -0.15) is 0 Å². The number of aromatic nitrogens is 1. The molecule has 1 N–H and O–H groups in total. The number of piperazine rings is 1. The summed E-state index contributed by atoms with van der Waals surface area (Å²) in [6, 6.07) is 7.71. The number of halogens is 1. The van der Waals surface area contributed by atoms with Gasteiger partial charge in [-0.05, 0) is 19.1 Å². The maximum absolute atomic E-state index is 12.3. The van der Waals surface area contributed by atoms with E-state index >= 15 is 0 Å². The average molecular weight is 334 g/mol. The molecule has 0 bridgehead atoms. The third-order valence-electron chi connectivity index (χ3n) is 4.07. The highest BCUT2D eigenvalue weighted by molar-refractivity contribution is 6.33. The van der Waals surface area contributed by atoms with Crippen LogP contribution in [0.1, 0.15) is 19.2 Å². The van der Waals surface area contributed by atoms with Gasteiger partial charge < -0.3 is 14.6 Å². The van der Waals surface area contributed by atoms with Gasteiger partial charge in [-0.25, -0.2) is 4.98 Å². The molecule has 0 saturated carbocycles. The number of hydrogen-bond acceptors (Lipinski definition) is 4. The largest absolute Gasteiger partial charge is 0.441 e. The highest BCUT2D eigenvalue weighted by atomic mass is 35.5. The molecular weight excluding hydrogens is 314 g/mol. The van der Waals surface area contributed by atoms with Crippen molar-refractivity contribution < 1.29 is 9.21 Å². The molecule has 5 nitrogen and oxygen atoms in total. The number of nitrogens with zero attached hydrogens (tertiary/aromatic N) is 2. The van der Waals surface area contributed by atoms with E-state index in [0.29, 0.717) is 29.5 Å². The van der Waals surface area contributed by atoms with E-state index in [0.717, 1.165) is 25.2 Å². The Hall–Kier alpha value is -1.85. The maximum atomic E-state index is 12.3. The summed E-state index contributed by atoms with van der Waals surface area (Å²) in [5.41, 5.74) is 0.815. The number of carbonyl (C=O) groups excluding carboxylic acids is 1. The first-order chi connectivity index (χ1) is 11.1. The summed E-state index contributed by atoms with van der Waals surface area (Å²) in [7, 11) is 0. The van der Waals surface area contributed by atoms with Crippen molar-refractivity contribution in [2.45, 2.75) is 25.8 Å². The number of rotatable bonds is 4. The van der Waals surface area contributed by atoms with Gasteiger partial charge in [0.05, 0.1) is 11.2 Å². The molecule has 1 amide bonds. The Labute approximate surface area is 140 Å². The van der Waals surface area contributed by atoms with E-state index in [-0.39, 0.29) is 11.9 Å². The first-order valence-corrected chi connectivity index (χ1v) is 8.22. The van der Waals surface area contributed by atoms with Gasteiger partial charge in [0.15, 0.2) is 11.7 Å². The van der Waals surface area contributed by atoms with Crippen molar-refractivity contribution in [3.63, 3.8) is 0 Å². The average Bonchev–Trinajstić information content (AvgIpc) is 3.02. The molecule has 1 aliphatic heterocycles. The fourth-order valence-corrected chi connectivity index (χ4v) is 3.01. The molecule has 1 saturated heterocycles. The van der Waals surface area contributed by atoms with Gasteiger partial charge in [0.2, 0.25) is 5.91 Å². The van der Waals surface area contributed by atoms with E-state index in [1.807, 2.05) is 29.2 Å². The van der Waals surface area contributed by atoms with Crippen LogP contribution in [0.25, 0.3) is 11.3 Å². The number of amides is 1. The lowest BCUT2D eigenvalue weighted by Gasteiger charge is -2.34. The van der Waals surface area contributed by atoms with E-state index in [1.165, 1.54) is 0 Å². The van der Waals surface area contributed by atoms with Crippen LogP contribution in [0.2, 0.25) is 5.02 Å². The molecule has 122 valence electrons. The van der Waals surface area contributed by atoms with Crippen LogP contribution in [0.3, 0.4) is 0 Å². The fourth-order valence-electron chi connectivity index (χ4n) is 2.78. The third kappa shape index (κ3) is 3.74. The zero-order valence-electron chi connectivity index (χ0n) is 13.1. The SMILES string of the molecule is C[C@H]1CNCCN1C(=O)CCc1ncc(-c2ccccc2Cl)o1. The summed E-state index contributed by atoms with van der Waals surface area (Å²) >= 11 is 6.16. The summed E-state index contributed by atoms with van der Waals surface area (Å²) in [5, 5.41) is 3.91. The van der Waals surface area contributed by atoms with Gasteiger partial charge in [-0.15, -0.1) is 0 Å². The Kier molecular flexibility index (Phi) is 4.98. The normalized spacial score (nSPS) is 18.2. The Morgan fingerprint density at radius 2 is 2.30 bits per heavy atom. The molecule has 1 aliphatic rings. The molecule has 1 atom stereocenters. The van der Waals surface area contributed by atoms with Crippen LogP contribution in [0.5, 0.6) is 0 Å². The van der Waals surface area contributed by atoms with Gasteiger partial charge in [-0.3, -0.25) is 4.79 Å². The lowest BCUT2D eigenvalue weighted by atomic mass is 10.2. The van der Waals surface area contributed by atoms with E-state index in [1.54, 1.807) is 6.20 Å². The molecule has 2 aromatic rings. The highest BCUT2D eigenvalue weighted by Gasteiger charge is 2.23. The molecule has 0 unspecified atom stereocenters. The molecule has 3 rings (SSSR count). The molecule has 1 fully saturated rings. The van der Waals surface area contributed by atoms with Crippen LogP contribution < -0.4 is 5.32 Å². The fraction of sp³-hybridized carbons (Fsp3) is 0.412. The number of oxazole rings is 1. The van der Waals surface area contributed by atoms with Gasteiger partial charge >= 0.3 is 0 Å². The van der Waals surface area contributed by atoms with Crippen molar-refractivity contribution in [1.29, 1.82) is 0 Å². The minimum atomic E-state index is 0.150. The number of carbonyl (C=O) groups is 1. The Morgan fingerprint density at radius 1 is 1.48 bits per heavy atom. The number of aryl methyl sites for hydroxylation is 1. The standard InChI is InChI=1S/C17H20ClN3O2/c1-12-10-19-8-9-21(12)17(22)7-6-16-20-11-15(23-16)13-4-2-3-5-14(13)18/h2-5,11-12,19H,6-10H2,1H3/t12-/m0/s1. The lowest BCUT2D eigenvalue weighted by molar-refractivity contribution is -0.134.